The van der Waals surface area contributed by atoms with Crippen LogP contribution in [0.15, 0.2) is 126 Å². The van der Waals surface area contributed by atoms with E-state index in [1.807, 2.05) is 0 Å². The fourth-order valence-electron chi connectivity index (χ4n) is 6.32. The number of allylic oxidation sites excluding steroid dienone is 7. The molecule has 1 nitrogen and oxygen atoms in total. The highest BCUT2D eigenvalue weighted by Gasteiger charge is 2.51. The molecule has 3 aliphatic carbocycles. The predicted octanol–water partition coefficient (Wildman–Crippen LogP) is 8.05. The van der Waals surface area contributed by atoms with Gasteiger partial charge < -0.3 is 4.90 Å². The first-order chi connectivity index (χ1) is 16.5. The van der Waals surface area contributed by atoms with Crippen molar-refractivity contribution in [2.45, 2.75) is 31.6 Å². The van der Waals surface area contributed by atoms with E-state index in [1.165, 1.54) is 39.2 Å². The van der Waals surface area contributed by atoms with Crippen LogP contribution in [0.3, 0.4) is 0 Å². The van der Waals surface area contributed by atoms with E-state index < -0.39 is 0 Å². The first-order valence-corrected chi connectivity index (χ1v) is 12.3. The fraction of sp³-hybridized carbons (Fsp3) is 0.212. The molecule has 0 fully saturated rings. The van der Waals surface area contributed by atoms with Crippen LogP contribution in [-0.2, 0) is 5.41 Å². The van der Waals surface area contributed by atoms with E-state index in [9.17, 15) is 0 Å². The van der Waals surface area contributed by atoms with Gasteiger partial charge in [-0.25, -0.2) is 0 Å². The Hall–Kier alpha value is -3.58. The Morgan fingerprint density at radius 2 is 1.50 bits per heavy atom. The van der Waals surface area contributed by atoms with Gasteiger partial charge in [0.1, 0.15) is 0 Å². The SMILES string of the molecule is CN(C1=Cc2ccccc2C1C1(c2ccccc2)C=CC=C2CC(C)(C)C=C21)c1ccccc1. The highest BCUT2D eigenvalue weighted by Crippen LogP contribution is 2.60. The van der Waals surface area contributed by atoms with Crippen molar-refractivity contribution in [2.24, 2.45) is 5.41 Å². The predicted molar refractivity (Wildman–Crippen MR) is 144 cm³/mol. The molecule has 6 rings (SSSR count). The van der Waals surface area contributed by atoms with E-state index in [2.05, 4.69) is 141 Å². The number of hydrogen-bond donors (Lipinski definition) is 0. The molecular formula is C33H31N. The number of benzene rings is 3. The Balaban J connectivity index is 1.63. The van der Waals surface area contributed by atoms with Crippen LogP contribution >= 0.6 is 0 Å². The monoisotopic (exact) mass is 441 g/mol. The van der Waals surface area contributed by atoms with Gasteiger partial charge in [0.15, 0.2) is 0 Å². The van der Waals surface area contributed by atoms with Crippen LogP contribution in [0.4, 0.5) is 5.69 Å². The Kier molecular flexibility index (Phi) is 4.78. The van der Waals surface area contributed by atoms with Gasteiger partial charge in [0.25, 0.3) is 0 Å². The molecule has 34 heavy (non-hydrogen) atoms. The summed E-state index contributed by atoms with van der Waals surface area (Å²) in [6.07, 6.45) is 13.2. The van der Waals surface area contributed by atoms with E-state index in [1.54, 1.807) is 0 Å². The minimum Gasteiger partial charge on any atom is -0.347 e. The van der Waals surface area contributed by atoms with Crippen LogP contribution in [0.25, 0.3) is 6.08 Å². The van der Waals surface area contributed by atoms with Crippen molar-refractivity contribution in [3.05, 3.63) is 143 Å². The summed E-state index contributed by atoms with van der Waals surface area (Å²) in [5.41, 5.74) is 9.47. The summed E-state index contributed by atoms with van der Waals surface area (Å²) in [7, 11) is 2.22. The average molecular weight is 442 g/mol. The maximum absolute atomic E-state index is 2.55. The van der Waals surface area contributed by atoms with Gasteiger partial charge in [-0.15, -0.1) is 0 Å². The number of hydrogen-bond acceptors (Lipinski definition) is 1. The molecule has 2 atom stereocenters. The van der Waals surface area contributed by atoms with Gasteiger partial charge in [-0.1, -0.05) is 111 Å². The number of rotatable bonds is 4. The number of para-hydroxylation sites is 1. The van der Waals surface area contributed by atoms with E-state index in [0.717, 1.165) is 6.42 Å². The Labute approximate surface area is 203 Å². The number of anilines is 1. The van der Waals surface area contributed by atoms with Crippen molar-refractivity contribution < 1.29 is 0 Å². The van der Waals surface area contributed by atoms with Crippen LogP contribution in [0, 0.1) is 5.41 Å². The normalized spacial score (nSPS) is 24.1. The van der Waals surface area contributed by atoms with Gasteiger partial charge in [0, 0.05) is 24.4 Å². The zero-order valence-electron chi connectivity index (χ0n) is 20.2. The molecule has 168 valence electrons. The maximum Gasteiger partial charge on any atom is 0.0508 e. The molecule has 2 unspecified atom stereocenters. The molecule has 0 radical (unpaired) electrons. The molecular weight excluding hydrogens is 410 g/mol. The van der Waals surface area contributed by atoms with Gasteiger partial charge in [0.2, 0.25) is 0 Å². The molecule has 3 aliphatic rings. The summed E-state index contributed by atoms with van der Waals surface area (Å²) < 4.78 is 0. The van der Waals surface area contributed by atoms with Crippen molar-refractivity contribution in [3.63, 3.8) is 0 Å². The number of likely N-dealkylation sites (N-methyl/N-ethyl adjacent to an activating group) is 1. The molecule has 0 aromatic heterocycles. The average Bonchev–Trinajstić information content (AvgIpc) is 3.41. The summed E-state index contributed by atoms with van der Waals surface area (Å²) in [4.78, 5) is 2.39. The fourth-order valence-corrected chi connectivity index (χ4v) is 6.32. The summed E-state index contributed by atoms with van der Waals surface area (Å²) in [6.45, 7) is 4.73. The molecule has 1 heteroatoms. The Morgan fingerprint density at radius 3 is 2.26 bits per heavy atom. The van der Waals surface area contributed by atoms with Crippen molar-refractivity contribution in [1.29, 1.82) is 0 Å². The lowest BCUT2D eigenvalue weighted by Gasteiger charge is -2.44. The molecule has 0 amide bonds. The third-order valence-electron chi connectivity index (χ3n) is 7.77. The van der Waals surface area contributed by atoms with E-state index >= 15 is 0 Å². The van der Waals surface area contributed by atoms with Crippen LogP contribution in [0.2, 0.25) is 0 Å². The molecule has 0 saturated carbocycles. The lowest BCUT2D eigenvalue weighted by Crippen LogP contribution is -2.38. The van der Waals surface area contributed by atoms with E-state index in [4.69, 9.17) is 0 Å². The zero-order chi connectivity index (χ0) is 23.3. The summed E-state index contributed by atoms with van der Waals surface area (Å²) in [5, 5.41) is 0. The molecule has 0 heterocycles. The summed E-state index contributed by atoms with van der Waals surface area (Å²) in [6, 6.07) is 30.8. The summed E-state index contributed by atoms with van der Waals surface area (Å²) in [5.74, 6) is 0.177. The van der Waals surface area contributed by atoms with Gasteiger partial charge in [0.05, 0.1) is 5.41 Å². The molecule has 0 saturated heterocycles. The molecule has 0 N–H and O–H groups in total. The van der Waals surface area contributed by atoms with Gasteiger partial charge in [-0.2, -0.15) is 0 Å². The molecule has 3 aromatic rings. The molecule has 0 aliphatic heterocycles. The largest absolute Gasteiger partial charge is 0.347 e. The van der Waals surface area contributed by atoms with Gasteiger partial charge in [-0.05, 0) is 57.9 Å². The standard InChI is InChI=1S/C33H31N/c1-32(2)22-25-14-12-20-33(29(25)23-32,26-15-6-4-7-16-26)31-28-19-11-10-13-24(28)21-30(31)34(3)27-17-8-5-9-18-27/h4-21,23,31H,22H2,1-3H3. The zero-order valence-corrected chi connectivity index (χ0v) is 20.2. The first kappa shape index (κ1) is 21.0. The Morgan fingerprint density at radius 1 is 0.824 bits per heavy atom. The van der Waals surface area contributed by atoms with Crippen molar-refractivity contribution >= 4 is 11.8 Å². The maximum atomic E-state index is 2.55. The molecule has 3 aromatic carbocycles. The van der Waals surface area contributed by atoms with Gasteiger partial charge in [-0.3, -0.25) is 0 Å². The van der Waals surface area contributed by atoms with E-state index in [0.29, 0.717) is 0 Å². The minimum absolute atomic E-state index is 0.153. The third-order valence-corrected chi connectivity index (χ3v) is 7.77. The van der Waals surface area contributed by atoms with Crippen molar-refractivity contribution in [1.82, 2.24) is 0 Å². The van der Waals surface area contributed by atoms with Crippen LogP contribution < -0.4 is 4.90 Å². The van der Waals surface area contributed by atoms with Crippen LogP contribution in [0.5, 0.6) is 0 Å². The van der Waals surface area contributed by atoms with Crippen molar-refractivity contribution in [3.8, 4) is 0 Å². The van der Waals surface area contributed by atoms with Crippen molar-refractivity contribution in [2.75, 3.05) is 11.9 Å². The third kappa shape index (κ3) is 3.15. The second-order valence-corrected chi connectivity index (χ2v) is 10.5. The second-order valence-electron chi connectivity index (χ2n) is 10.5. The van der Waals surface area contributed by atoms with Gasteiger partial charge >= 0.3 is 0 Å². The highest BCUT2D eigenvalue weighted by molar-refractivity contribution is 5.76. The minimum atomic E-state index is -0.263. The van der Waals surface area contributed by atoms with E-state index in [-0.39, 0.29) is 16.7 Å². The lowest BCUT2D eigenvalue weighted by molar-refractivity contribution is 0.499. The smallest absolute Gasteiger partial charge is 0.0508 e. The van der Waals surface area contributed by atoms with Crippen LogP contribution in [0.1, 0.15) is 42.9 Å². The first-order valence-electron chi connectivity index (χ1n) is 12.3. The summed E-state index contributed by atoms with van der Waals surface area (Å²) >= 11 is 0. The van der Waals surface area contributed by atoms with Crippen LogP contribution in [-0.4, -0.2) is 7.05 Å². The lowest BCUT2D eigenvalue weighted by atomic mass is 9.60. The Bertz CT molecular complexity index is 1350. The molecule has 0 spiro atoms. The second kappa shape index (κ2) is 7.74. The highest BCUT2D eigenvalue weighted by atomic mass is 15.1. The number of nitrogens with zero attached hydrogens (tertiary/aromatic N) is 1. The molecule has 0 bridgehead atoms. The topological polar surface area (TPSA) is 3.24 Å². The quantitative estimate of drug-likeness (QED) is 0.396. The number of fused-ring (bicyclic) bond motifs is 2.